The van der Waals surface area contributed by atoms with E-state index in [4.69, 9.17) is 4.74 Å². The van der Waals surface area contributed by atoms with Gasteiger partial charge in [0.15, 0.2) is 0 Å². The van der Waals surface area contributed by atoms with Crippen molar-refractivity contribution in [3.8, 4) is 5.75 Å². The second kappa shape index (κ2) is 7.49. The van der Waals surface area contributed by atoms with Crippen LogP contribution in [0.2, 0.25) is 0 Å². The summed E-state index contributed by atoms with van der Waals surface area (Å²) in [4.78, 5) is 13.9. The monoisotopic (exact) mass is 306 g/mol. The summed E-state index contributed by atoms with van der Waals surface area (Å²) in [5, 5.41) is 12.4. The Morgan fingerprint density at radius 3 is 2.55 bits per heavy atom. The third kappa shape index (κ3) is 4.63. The minimum absolute atomic E-state index is 0.0485. The smallest absolute Gasteiger partial charge is 0.317 e. The van der Waals surface area contributed by atoms with Gasteiger partial charge in [-0.05, 0) is 49.8 Å². The van der Waals surface area contributed by atoms with E-state index in [1.165, 1.54) is 0 Å². The molecule has 1 fully saturated rings. The van der Waals surface area contributed by atoms with Crippen LogP contribution in [0.1, 0.15) is 37.8 Å². The van der Waals surface area contributed by atoms with Gasteiger partial charge in [-0.3, -0.25) is 0 Å². The Kier molecular flexibility index (Phi) is 5.66. The first-order chi connectivity index (χ1) is 10.5. The van der Waals surface area contributed by atoms with Crippen LogP contribution in [-0.4, -0.2) is 42.8 Å². The number of hydrogen-bond acceptors (Lipinski definition) is 3. The molecule has 2 rings (SSSR count). The maximum atomic E-state index is 12.3. The molecule has 0 saturated heterocycles. The van der Waals surface area contributed by atoms with Crippen LogP contribution in [-0.2, 0) is 0 Å². The number of methoxy groups -OCH3 is 1. The van der Waals surface area contributed by atoms with Crippen molar-refractivity contribution in [3.63, 3.8) is 0 Å². The first-order valence-corrected chi connectivity index (χ1v) is 7.85. The number of carbonyl (C=O) groups is 1. The molecule has 1 saturated carbocycles. The molecule has 1 aromatic rings. The van der Waals surface area contributed by atoms with E-state index < -0.39 is 6.10 Å². The highest BCUT2D eigenvalue weighted by Crippen LogP contribution is 2.41. The summed E-state index contributed by atoms with van der Waals surface area (Å²) in [7, 11) is 3.40. The zero-order chi connectivity index (χ0) is 16.1. The van der Waals surface area contributed by atoms with Crippen LogP contribution in [0.25, 0.3) is 0 Å². The Labute approximate surface area is 132 Å². The molecule has 22 heavy (non-hydrogen) atoms. The highest BCUT2D eigenvalue weighted by atomic mass is 16.5. The van der Waals surface area contributed by atoms with E-state index in [0.29, 0.717) is 18.9 Å². The van der Waals surface area contributed by atoms with Crippen LogP contribution >= 0.6 is 0 Å². The van der Waals surface area contributed by atoms with Gasteiger partial charge in [0.1, 0.15) is 5.75 Å². The van der Waals surface area contributed by atoms with Crippen molar-refractivity contribution in [1.29, 1.82) is 0 Å². The van der Waals surface area contributed by atoms with Gasteiger partial charge in [0, 0.05) is 13.6 Å². The first-order valence-electron chi connectivity index (χ1n) is 7.85. The molecule has 0 aromatic heterocycles. The molecule has 0 heterocycles. The van der Waals surface area contributed by atoms with Gasteiger partial charge in [0.2, 0.25) is 0 Å². The molecule has 1 aliphatic rings. The summed E-state index contributed by atoms with van der Waals surface area (Å²) < 4.78 is 5.18. The Hall–Kier alpha value is -1.75. The van der Waals surface area contributed by atoms with Crippen LogP contribution in [0.4, 0.5) is 4.79 Å². The van der Waals surface area contributed by atoms with Crippen molar-refractivity contribution in [2.24, 2.45) is 5.92 Å². The zero-order valence-corrected chi connectivity index (χ0v) is 13.6. The van der Waals surface area contributed by atoms with Crippen LogP contribution in [0.5, 0.6) is 5.75 Å². The number of nitrogens with zero attached hydrogens (tertiary/aromatic N) is 1. The molecular formula is C17H26N2O3. The molecule has 1 aromatic carbocycles. The molecule has 2 N–H and O–H groups in total. The highest BCUT2D eigenvalue weighted by molar-refractivity contribution is 5.74. The fourth-order valence-corrected chi connectivity index (χ4v) is 2.44. The summed E-state index contributed by atoms with van der Waals surface area (Å²) >= 11 is 0. The predicted octanol–water partition coefficient (Wildman–Crippen LogP) is 2.56. The number of nitrogens with one attached hydrogen (secondary N) is 1. The van der Waals surface area contributed by atoms with Crippen molar-refractivity contribution >= 4 is 6.03 Å². The number of benzene rings is 1. The molecular weight excluding hydrogens is 280 g/mol. The van der Waals surface area contributed by atoms with Crippen LogP contribution in [0, 0.1) is 5.92 Å². The van der Waals surface area contributed by atoms with E-state index in [0.717, 1.165) is 24.2 Å². The van der Waals surface area contributed by atoms with E-state index in [1.54, 1.807) is 26.0 Å². The number of urea groups is 1. The lowest BCUT2D eigenvalue weighted by Gasteiger charge is -2.24. The normalized spacial score (nSPS) is 16.7. The fraction of sp³-hybridized carbons (Fsp3) is 0.588. The summed E-state index contributed by atoms with van der Waals surface area (Å²) in [6, 6.07) is 7.83. The summed E-state index contributed by atoms with van der Waals surface area (Å²) in [5.74, 6) is 1.33. The van der Waals surface area contributed by atoms with Crippen molar-refractivity contribution in [2.75, 3.05) is 20.7 Å². The Morgan fingerprint density at radius 2 is 2.05 bits per heavy atom. The number of amides is 2. The maximum Gasteiger partial charge on any atom is 0.317 e. The molecule has 2 unspecified atom stereocenters. The molecule has 2 amide bonds. The molecule has 0 bridgehead atoms. The number of aliphatic hydroxyl groups is 1. The topological polar surface area (TPSA) is 61.8 Å². The third-order valence-corrected chi connectivity index (χ3v) is 4.08. The molecule has 0 spiro atoms. The van der Waals surface area contributed by atoms with Crippen LogP contribution in [0.15, 0.2) is 24.3 Å². The number of rotatable bonds is 7. The van der Waals surface area contributed by atoms with E-state index in [1.807, 2.05) is 24.3 Å². The highest BCUT2D eigenvalue weighted by Gasteiger charge is 2.33. The van der Waals surface area contributed by atoms with Crippen molar-refractivity contribution in [3.05, 3.63) is 29.8 Å². The largest absolute Gasteiger partial charge is 0.497 e. The lowest BCUT2D eigenvalue weighted by Crippen LogP contribution is -2.41. The molecule has 0 radical (unpaired) electrons. The standard InChI is InChI=1S/C17H26N2O3/c1-12(20)10-11-19(2)17(21)18-16(13-4-5-13)14-6-8-15(22-3)9-7-14/h6-9,12-13,16,20H,4-5,10-11H2,1-3H3,(H,18,21). The Bertz CT molecular complexity index is 483. The Balaban J connectivity index is 1.97. The summed E-state index contributed by atoms with van der Waals surface area (Å²) in [5.41, 5.74) is 1.11. The number of aliphatic hydroxyl groups excluding tert-OH is 1. The number of carbonyl (C=O) groups excluding carboxylic acids is 1. The van der Waals surface area contributed by atoms with Gasteiger partial charge in [0.25, 0.3) is 0 Å². The van der Waals surface area contributed by atoms with Gasteiger partial charge < -0.3 is 20.1 Å². The van der Waals surface area contributed by atoms with Gasteiger partial charge in [-0.1, -0.05) is 12.1 Å². The lowest BCUT2D eigenvalue weighted by molar-refractivity contribution is 0.162. The van der Waals surface area contributed by atoms with Gasteiger partial charge in [-0.2, -0.15) is 0 Å². The zero-order valence-electron chi connectivity index (χ0n) is 13.6. The SMILES string of the molecule is COc1ccc(C(NC(=O)N(C)CCC(C)O)C2CC2)cc1. The van der Waals surface area contributed by atoms with Gasteiger partial charge in [0.05, 0.1) is 19.3 Å². The lowest BCUT2D eigenvalue weighted by atomic mass is 10.0. The van der Waals surface area contributed by atoms with Crippen LogP contribution in [0.3, 0.4) is 0 Å². The first kappa shape index (κ1) is 16.6. The minimum atomic E-state index is -0.393. The van der Waals surface area contributed by atoms with Gasteiger partial charge >= 0.3 is 6.03 Å². The molecule has 5 heteroatoms. The second-order valence-corrected chi connectivity index (χ2v) is 6.10. The van der Waals surface area contributed by atoms with Crippen molar-refractivity contribution in [2.45, 2.75) is 38.3 Å². The molecule has 0 aliphatic heterocycles. The average molecular weight is 306 g/mol. The van der Waals surface area contributed by atoms with E-state index >= 15 is 0 Å². The maximum absolute atomic E-state index is 12.3. The molecule has 5 nitrogen and oxygen atoms in total. The fourth-order valence-electron chi connectivity index (χ4n) is 2.44. The van der Waals surface area contributed by atoms with E-state index in [9.17, 15) is 9.90 Å². The average Bonchev–Trinajstić information content (AvgIpc) is 3.34. The summed E-state index contributed by atoms with van der Waals surface area (Å²) in [6.45, 7) is 2.28. The van der Waals surface area contributed by atoms with E-state index in [2.05, 4.69) is 5.32 Å². The Morgan fingerprint density at radius 1 is 1.41 bits per heavy atom. The van der Waals surface area contributed by atoms with E-state index in [-0.39, 0.29) is 12.1 Å². The minimum Gasteiger partial charge on any atom is -0.497 e. The third-order valence-electron chi connectivity index (χ3n) is 4.08. The molecule has 2 atom stereocenters. The predicted molar refractivity (Wildman–Crippen MR) is 85.9 cm³/mol. The summed E-state index contributed by atoms with van der Waals surface area (Å²) in [6.07, 6.45) is 2.49. The van der Waals surface area contributed by atoms with Crippen LogP contribution < -0.4 is 10.1 Å². The van der Waals surface area contributed by atoms with Crippen molar-refractivity contribution in [1.82, 2.24) is 10.2 Å². The quantitative estimate of drug-likeness (QED) is 0.814. The molecule has 1 aliphatic carbocycles. The second-order valence-electron chi connectivity index (χ2n) is 6.10. The van der Waals surface area contributed by atoms with Crippen molar-refractivity contribution < 1.29 is 14.6 Å². The molecule has 122 valence electrons. The van der Waals surface area contributed by atoms with Gasteiger partial charge in [-0.25, -0.2) is 4.79 Å². The number of hydrogen-bond donors (Lipinski definition) is 2. The van der Waals surface area contributed by atoms with Gasteiger partial charge in [-0.15, -0.1) is 0 Å². The number of ether oxygens (including phenoxy) is 1.